The molecule has 3 rings (SSSR count). The Hall–Kier alpha value is -2.41. The molecule has 0 saturated heterocycles. The Morgan fingerprint density at radius 2 is 2.00 bits per heavy atom. The molecule has 7 heteroatoms. The van der Waals surface area contributed by atoms with Crippen molar-refractivity contribution in [1.29, 1.82) is 0 Å². The van der Waals surface area contributed by atoms with Crippen molar-refractivity contribution in [3.05, 3.63) is 64.7 Å². The monoisotopic (exact) mass is 336 g/mol. The molecule has 0 bridgehead atoms. The number of aliphatic hydroxyl groups excluding tert-OH is 1. The molecule has 0 radical (unpaired) electrons. The molecule has 1 aliphatic rings. The molecule has 1 aromatic carbocycles. The molecule has 1 heterocycles. The molecule has 24 heavy (non-hydrogen) atoms. The Morgan fingerprint density at radius 1 is 1.21 bits per heavy atom. The van der Waals surface area contributed by atoms with E-state index in [9.17, 15) is 23.1 Å². The van der Waals surface area contributed by atoms with Gasteiger partial charge in [-0.25, -0.2) is 13.2 Å². The molecule has 2 atom stereocenters. The highest BCUT2D eigenvalue weighted by Gasteiger charge is 2.31. The first-order valence-electron chi connectivity index (χ1n) is 7.52. The zero-order valence-corrected chi connectivity index (χ0v) is 12.6. The molecular weight excluding hydrogens is 321 g/mol. The van der Waals surface area contributed by atoms with E-state index in [1.807, 2.05) is 0 Å². The van der Waals surface area contributed by atoms with Gasteiger partial charge < -0.3 is 10.4 Å². The average molecular weight is 336 g/mol. The lowest BCUT2D eigenvalue weighted by Gasteiger charge is -2.27. The van der Waals surface area contributed by atoms with Gasteiger partial charge in [0.2, 0.25) is 5.91 Å². The van der Waals surface area contributed by atoms with Gasteiger partial charge in [0.15, 0.2) is 17.5 Å². The van der Waals surface area contributed by atoms with Crippen molar-refractivity contribution < 1.29 is 23.1 Å². The number of halogens is 3. The van der Waals surface area contributed by atoms with Crippen LogP contribution in [-0.2, 0) is 11.3 Å². The molecule has 2 aromatic rings. The van der Waals surface area contributed by atoms with Gasteiger partial charge in [0.1, 0.15) is 0 Å². The molecule has 0 aliphatic heterocycles. The summed E-state index contributed by atoms with van der Waals surface area (Å²) in [6.07, 6.45) is 1.64. The Balaban J connectivity index is 1.75. The Bertz CT molecular complexity index is 782. The normalized spacial score (nSPS) is 19.7. The van der Waals surface area contributed by atoms with Crippen molar-refractivity contribution in [2.45, 2.75) is 31.4 Å². The standard InChI is InChI=1S/C17H15F3N2O2/c18-12-5-3-9(14(19)15(12)20)8-22-17(24)11-4-6-13(23)16-10(11)2-1-7-21-16/h1-3,5,7,11,13,23H,4,6,8H2,(H,22,24)/t11-,13-/m0/s1. The van der Waals surface area contributed by atoms with E-state index in [1.165, 1.54) is 0 Å². The number of nitrogens with one attached hydrogen (secondary N) is 1. The van der Waals surface area contributed by atoms with Crippen LogP contribution in [0, 0.1) is 17.5 Å². The number of nitrogens with zero attached hydrogens (tertiary/aromatic N) is 1. The van der Waals surface area contributed by atoms with Gasteiger partial charge in [0, 0.05) is 18.3 Å². The first-order chi connectivity index (χ1) is 11.5. The molecule has 0 spiro atoms. The van der Waals surface area contributed by atoms with Gasteiger partial charge in [0.05, 0.1) is 17.7 Å². The first-order valence-corrected chi connectivity index (χ1v) is 7.52. The largest absolute Gasteiger partial charge is 0.387 e. The fourth-order valence-electron chi connectivity index (χ4n) is 2.90. The molecule has 0 unspecified atom stereocenters. The minimum absolute atomic E-state index is 0.135. The van der Waals surface area contributed by atoms with E-state index in [2.05, 4.69) is 10.3 Å². The van der Waals surface area contributed by atoms with E-state index in [0.717, 1.165) is 12.1 Å². The number of benzene rings is 1. The third kappa shape index (κ3) is 2.99. The molecule has 2 N–H and O–H groups in total. The quantitative estimate of drug-likeness (QED) is 0.847. The van der Waals surface area contributed by atoms with Gasteiger partial charge in [-0.2, -0.15) is 0 Å². The van der Waals surface area contributed by atoms with E-state index in [4.69, 9.17) is 0 Å². The zero-order chi connectivity index (χ0) is 17.3. The summed E-state index contributed by atoms with van der Waals surface area (Å²) in [7, 11) is 0. The number of aliphatic hydroxyl groups is 1. The van der Waals surface area contributed by atoms with E-state index in [1.54, 1.807) is 18.3 Å². The van der Waals surface area contributed by atoms with Crippen molar-refractivity contribution in [2.75, 3.05) is 0 Å². The highest BCUT2D eigenvalue weighted by molar-refractivity contribution is 5.84. The van der Waals surface area contributed by atoms with Gasteiger partial charge in [-0.3, -0.25) is 9.78 Å². The number of aromatic nitrogens is 1. The zero-order valence-electron chi connectivity index (χ0n) is 12.6. The predicted octanol–water partition coefficient (Wildman–Crippen LogP) is 2.73. The summed E-state index contributed by atoms with van der Waals surface area (Å²) in [4.78, 5) is 16.5. The van der Waals surface area contributed by atoms with Crippen LogP contribution < -0.4 is 5.32 Å². The number of rotatable bonds is 3. The van der Waals surface area contributed by atoms with Crippen molar-refractivity contribution in [3.8, 4) is 0 Å². The maximum absolute atomic E-state index is 13.6. The summed E-state index contributed by atoms with van der Waals surface area (Å²) in [5.41, 5.74) is 0.951. The minimum Gasteiger partial charge on any atom is -0.387 e. The number of carbonyl (C=O) groups excluding carboxylic acids is 1. The van der Waals surface area contributed by atoms with E-state index in [-0.39, 0.29) is 18.0 Å². The smallest absolute Gasteiger partial charge is 0.227 e. The third-order valence-electron chi connectivity index (χ3n) is 4.18. The SMILES string of the molecule is O=C(NCc1ccc(F)c(F)c1F)[C@H]1CC[C@H](O)c2ncccc21. The highest BCUT2D eigenvalue weighted by atomic mass is 19.2. The number of hydrogen-bond donors (Lipinski definition) is 2. The third-order valence-corrected chi connectivity index (χ3v) is 4.18. The van der Waals surface area contributed by atoms with Crippen LogP contribution in [0.2, 0.25) is 0 Å². The Morgan fingerprint density at radius 3 is 2.79 bits per heavy atom. The second-order valence-electron chi connectivity index (χ2n) is 5.68. The van der Waals surface area contributed by atoms with Gasteiger partial charge in [0.25, 0.3) is 0 Å². The number of fused-ring (bicyclic) bond motifs is 1. The highest BCUT2D eigenvalue weighted by Crippen LogP contribution is 2.36. The number of hydrogen-bond acceptors (Lipinski definition) is 3. The van der Waals surface area contributed by atoms with Crippen LogP contribution >= 0.6 is 0 Å². The summed E-state index contributed by atoms with van der Waals surface area (Å²) in [5.74, 6) is -5.04. The van der Waals surface area contributed by atoms with Gasteiger partial charge in [-0.1, -0.05) is 12.1 Å². The lowest BCUT2D eigenvalue weighted by molar-refractivity contribution is -0.123. The van der Waals surface area contributed by atoms with Gasteiger partial charge >= 0.3 is 0 Å². The fourth-order valence-corrected chi connectivity index (χ4v) is 2.90. The minimum atomic E-state index is -1.56. The van der Waals surface area contributed by atoms with E-state index < -0.39 is 29.5 Å². The summed E-state index contributed by atoms with van der Waals surface area (Å²) >= 11 is 0. The number of carbonyl (C=O) groups is 1. The average Bonchev–Trinajstić information content (AvgIpc) is 2.59. The van der Waals surface area contributed by atoms with Crippen molar-refractivity contribution in [1.82, 2.24) is 10.3 Å². The summed E-state index contributed by atoms with van der Waals surface area (Å²) in [6.45, 7) is -0.253. The molecule has 1 aromatic heterocycles. The van der Waals surface area contributed by atoms with Crippen LogP contribution in [0.1, 0.15) is 41.7 Å². The van der Waals surface area contributed by atoms with Crippen molar-refractivity contribution in [3.63, 3.8) is 0 Å². The molecule has 0 saturated carbocycles. The predicted molar refractivity (Wildman–Crippen MR) is 79.3 cm³/mol. The second-order valence-corrected chi connectivity index (χ2v) is 5.68. The molecule has 126 valence electrons. The van der Waals surface area contributed by atoms with E-state index in [0.29, 0.717) is 24.1 Å². The Labute approximate surface area is 136 Å². The van der Waals surface area contributed by atoms with Crippen LogP contribution in [-0.4, -0.2) is 16.0 Å². The fraction of sp³-hybridized carbons (Fsp3) is 0.294. The van der Waals surface area contributed by atoms with Crippen molar-refractivity contribution >= 4 is 5.91 Å². The van der Waals surface area contributed by atoms with Crippen LogP contribution in [0.25, 0.3) is 0 Å². The molecule has 0 fully saturated rings. The van der Waals surface area contributed by atoms with Crippen LogP contribution in [0.5, 0.6) is 0 Å². The second kappa shape index (κ2) is 6.60. The number of amides is 1. The lowest BCUT2D eigenvalue weighted by atomic mass is 9.83. The van der Waals surface area contributed by atoms with Crippen LogP contribution in [0.4, 0.5) is 13.2 Å². The van der Waals surface area contributed by atoms with Crippen LogP contribution in [0.3, 0.4) is 0 Å². The molecule has 1 aliphatic carbocycles. The first kappa shape index (κ1) is 16.4. The van der Waals surface area contributed by atoms with E-state index >= 15 is 0 Å². The summed E-state index contributed by atoms with van der Waals surface area (Å²) < 4.78 is 39.8. The van der Waals surface area contributed by atoms with Crippen LogP contribution in [0.15, 0.2) is 30.5 Å². The molecule has 4 nitrogen and oxygen atoms in total. The van der Waals surface area contributed by atoms with Gasteiger partial charge in [-0.05, 0) is 30.5 Å². The maximum Gasteiger partial charge on any atom is 0.227 e. The molecule has 1 amide bonds. The van der Waals surface area contributed by atoms with Crippen molar-refractivity contribution in [2.24, 2.45) is 0 Å². The number of pyridine rings is 1. The van der Waals surface area contributed by atoms with Gasteiger partial charge in [-0.15, -0.1) is 0 Å². The maximum atomic E-state index is 13.6. The lowest BCUT2D eigenvalue weighted by Crippen LogP contribution is -2.32. The Kier molecular flexibility index (Phi) is 4.53. The molecular formula is C17H15F3N2O2. The summed E-state index contributed by atoms with van der Waals surface area (Å²) in [6, 6.07) is 5.30. The summed E-state index contributed by atoms with van der Waals surface area (Å²) in [5, 5.41) is 12.5. The topological polar surface area (TPSA) is 62.2 Å².